The van der Waals surface area contributed by atoms with Crippen LogP contribution in [0, 0.1) is 0 Å². The van der Waals surface area contributed by atoms with Crippen molar-refractivity contribution in [3.05, 3.63) is 65.7 Å². The van der Waals surface area contributed by atoms with E-state index in [9.17, 15) is 43.8 Å². The Bertz CT molecular complexity index is 1610. The number of phenols is 1. The maximum Gasteiger partial charge on any atom is 0.306 e. The number of aromatic hydroxyl groups is 1. The van der Waals surface area contributed by atoms with Crippen LogP contribution in [0.5, 0.6) is 5.75 Å². The predicted octanol–water partition coefficient (Wildman–Crippen LogP) is -1.88. The van der Waals surface area contributed by atoms with Gasteiger partial charge in [0.25, 0.3) is 0 Å². The first-order chi connectivity index (χ1) is 25.7. The van der Waals surface area contributed by atoms with Crippen molar-refractivity contribution >= 4 is 58.3 Å². The van der Waals surface area contributed by atoms with Gasteiger partial charge in [0.2, 0.25) is 34.7 Å². The molecule has 0 aromatic heterocycles. The van der Waals surface area contributed by atoms with Crippen molar-refractivity contribution in [2.24, 2.45) is 16.5 Å². The minimum Gasteiger partial charge on any atom is -0.508 e. The first-order valence-corrected chi connectivity index (χ1v) is 17.9. The van der Waals surface area contributed by atoms with Crippen LogP contribution in [0.1, 0.15) is 37.3 Å². The molecular formula is C35H48N8O10S. The van der Waals surface area contributed by atoms with Crippen LogP contribution >= 0.6 is 11.8 Å². The summed E-state index contributed by atoms with van der Waals surface area (Å²) in [6, 6.07) is 9.74. The smallest absolute Gasteiger partial charge is 0.306 e. The molecule has 54 heavy (non-hydrogen) atoms. The fourth-order valence-electron chi connectivity index (χ4n) is 4.85. The highest BCUT2D eigenvalue weighted by molar-refractivity contribution is 8.13. The van der Waals surface area contributed by atoms with Crippen molar-refractivity contribution in [2.45, 2.75) is 63.2 Å². The number of aliphatic imine (C=N–C) groups is 1. The monoisotopic (exact) mass is 772 g/mol. The van der Waals surface area contributed by atoms with E-state index in [1.807, 2.05) is 0 Å². The van der Waals surface area contributed by atoms with Crippen LogP contribution in [0.3, 0.4) is 0 Å². The molecule has 0 aliphatic heterocycles. The number of aliphatic hydroxyl groups excluding tert-OH is 1. The Labute approximate surface area is 316 Å². The van der Waals surface area contributed by atoms with E-state index >= 15 is 0 Å². The molecule has 0 saturated heterocycles. The third kappa shape index (κ3) is 17.2. The number of hydrogen-bond acceptors (Lipinski definition) is 12. The molecule has 0 unspecified atom stereocenters. The molecule has 0 heterocycles. The lowest BCUT2D eigenvalue weighted by Gasteiger charge is -2.25. The second kappa shape index (κ2) is 23.8. The van der Waals surface area contributed by atoms with Crippen LogP contribution < -0.4 is 38.1 Å². The summed E-state index contributed by atoms with van der Waals surface area (Å²) in [6.45, 7) is -0.0911. The number of nitrogens with one attached hydrogen (secondary N) is 5. The number of carbonyl (C=O) groups excluding carboxylic acids is 7. The van der Waals surface area contributed by atoms with Crippen molar-refractivity contribution in [3.63, 3.8) is 0 Å². The SMILES string of the molecule is COC(=O)CCSC(=O)[C@H](Cc1ccccc1)NC(=O)CNC(=O)[C@H](CCCN=C(N)N)NC(=O)[C@H](Cc1ccc(O)cc1)NC(=O)[C@H](CO)NC(C)=O. The number of phenolic OH excluding ortho intramolecular Hbond substituents is 1. The van der Waals surface area contributed by atoms with E-state index in [1.54, 1.807) is 30.3 Å². The van der Waals surface area contributed by atoms with Gasteiger partial charge < -0.3 is 53.0 Å². The number of aliphatic hydroxyl groups is 1. The van der Waals surface area contributed by atoms with Crippen LogP contribution in [0.15, 0.2) is 59.6 Å². The van der Waals surface area contributed by atoms with E-state index < -0.39 is 77.9 Å². The Kier molecular flexibility index (Phi) is 19.6. The number of hydrogen-bond donors (Lipinski definition) is 9. The number of nitrogens with zero attached hydrogens (tertiary/aromatic N) is 1. The fourth-order valence-corrected chi connectivity index (χ4v) is 5.66. The summed E-state index contributed by atoms with van der Waals surface area (Å²) in [5, 5.41) is 31.4. The molecule has 2 aromatic carbocycles. The molecule has 19 heteroatoms. The molecule has 0 bridgehead atoms. The first-order valence-electron chi connectivity index (χ1n) is 16.9. The third-order valence-corrected chi connectivity index (χ3v) is 8.55. The number of esters is 1. The highest BCUT2D eigenvalue weighted by Crippen LogP contribution is 2.14. The van der Waals surface area contributed by atoms with Crippen molar-refractivity contribution in [2.75, 3.05) is 32.6 Å². The summed E-state index contributed by atoms with van der Waals surface area (Å²) in [6.07, 6.45) is 0.217. The molecule has 0 spiro atoms. The molecule has 18 nitrogen and oxygen atoms in total. The molecule has 5 amide bonds. The van der Waals surface area contributed by atoms with Gasteiger partial charge in [0.1, 0.15) is 29.9 Å². The Morgan fingerprint density at radius 2 is 1.41 bits per heavy atom. The Morgan fingerprint density at radius 3 is 2.02 bits per heavy atom. The minimum absolute atomic E-state index is 0.00699. The van der Waals surface area contributed by atoms with Gasteiger partial charge in [-0.2, -0.15) is 0 Å². The summed E-state index contributed by atoms with van der Waals surface area (Å²) in [5.41, 5.74) is 12.1. The molecular weight excluding hydrogens is 724 g/mol. The van der Waals surface area contributed by atoms with Crippen molar-refractivity contribution < 1.29 is 48.5 Å². The average molecular weight is 773 g/mol. The molecule has 294 valence electrons. The Balaban J connectivity index is 2.23. The van der Waals surface area contributed by atoms with Crippen LogP contribution in [0.2, 0.25) is 0 Å². The lowest BCUT2D eigenvalue weighted by Crippen LogP contribution is -2.58. The zero-order valence-electron chi connectivity index (χ0n) is 30.0. The van der Waals surface area contributed by atoms with Gasteiger partial charge in [0.15, 0.2) is 5.96 Å². The average Bonchev–Trinajstić information content (AvgIpc) is 3.14. The number of rotatable bonds is 22. The largest absolute Gasteiger partial charge is 0.508 e. The molecule has 0 radical (unpaired) electrons. The molecule has 0 fully saturated rings. The first kappa shape index (κ1) is 44.5. The molecule has 0 aliphatic rings. The number of ether oxygens (including phenoxy) is 1. The van der Waals surface area contributed by atoms with E-state index in [1.165, 1.54) is 31.4 Å². The van der Waals surface area contributed by atoms with Gasteiger partial charge in [-0.3, -0.25) is 38.6 Å². The summed E-state index contributed by atoms with van der Waals surface area (Å²) in [4.78, 5) is 93.3. The van der Waals surface area contributed by atoms with Crippen LogP contribution in [0.4, 0.5) is 0 Å². The maximum atomic E-state index is 13.7. The van der Waals surface area contributed by atoms with Gasteiger partial charge in [0.05, 0.1) is 26.7 Å². The number of methoxy groups -OCH3 is 1. The zero-order chi connectivity index (χ0) is 40.0. The number of nitrogens with two attached hydrogens (primary N) is 2. The van der Waals surface area contributed by atoms with Crippen molar-refractivity contribution in [1.82, 2.24) is 26.6 Å². The zero-order valence-corrected chi connectivity index (χ0v) is 30.9. The number of carbonyl (C=O) groups is 7. The topological polar surface area (TPSA) is 294 Å². The van der Waals surface area contributed by atoms with E-state index in [2.05, 4.69) is 36.3 Å². The van der Waals surface area contributed by atoms with Gasteiger partial charge in [0, 0.05) is 32.1 Å². The lowest BCUT2D eigenvalue weighted by molar-refractivity contribution is -0.140. The van der Waals surface area contributed by atoms with Gasteiger partial charge in [-0.15, -0.1) is 0 Å². The quantitative estimate of drug-likeness (QED) is 0.0275. The standard InChI is InChI=1S/C35H48N8O10S/c1-21(45)40-28(20-44)33(51)43-26(17-23-10-12-24(46)13-11-23)32(50)42-25(9-6-15-38-35(36)37)31(49)39-19-29(47)41-27(18-22-7-4-3-5-8-22)34(52)54-16-14-30(48)53-2/h3-5,7-8,10-13,25-28,44,46H,6,9,14-20H2,1-2H3,(H,39,49)(H,40,45)(H,41,47)(H,42,50)(H,43,51)(H4,36,37,38)/t25-,26-,27-,28-/m0/s1. The summed E-state index contributed by atoms with van der Waals surface area (Å²) < 4.78 is 4.61. The number of thioether (sulfide) groups is 1. The normalized spacial score (nSPS) is 12.8. The van der Waals surface area contributed by atoms with Crippen molar-refractivity contribution in [3.8, 4) is 5.75 Å². The summed E-state index contributed by atoms with van der Waals surface area (Å²) >= 11 is 0.858. The van der Waals surface area contributed by atoms with Gasteiger partial charge in [-0.25, -0.2) is 0 Å². The van der Waals surface area contributed by atoms with Crippen LogP contribution in [0.25, 0.3) is 0 Å². The van der Waals surface area contributed by atoms with Gasteiger partial charge >= 0.3 is 5.97 Å². The number of benzene rings is 2. The Morgan fingerprint density at radius 1 is 0.796 bits per heavy atom. The van der Waals surface area contributed by atoms with E-state index in [4.69, 9.17) is 11.5 Å². The Hall–Kier alpha value is -5.69. The summed E-state index contributed by atoms with van der Waals surface area (Å²) in [7, 11) is 1.24. The molecule has 2 rings (SSSR count). The second-order valence-corrected chi connectivity index (χ2v) is 13.0. The van der Waals surface area contributed by atoms with Crippen LogP contribution in [-0.4, -0.2) is 114 Å². The predicted molar refractivity (Wildman–Crippen MR) is 199 cm³/mol. The number of guanidine groups is 1. The fraction of sp³-hybridized carbons (Fsp3) is 0.429. The third-order valence-electron chi connectivity index (χ3n) is 7.57. The van der Waals surface area contributed by atoms with Gasteiger partial charge in [-0.1, -0.05) is 54.2 Å². The van der Waals surface area contributed by atoms with Crippen molar-refractivity contribution in [1.29, 1.82) is 0 Å². The molecule has 0 aliphatic carbocycles. The van der Waals surface area contributed by atoms with E-state index in [0.29, 0.717) is 5.56 Å². The maximum absolute atomic E-state index is 13.7. The second-order valence-electron chi connectivity index (χ2n) is 11.9. The lowest BCUT2D eigenvalue weighted by atomic mass is 10.0. The minimum atomic E-state index is -1.38. The van der Waals surface area contributed by atoms with Crippen LogP contribution in [-0.2, 0) is 51.1 Å². The molecule has 4 atom stereocenters. The number of amides is 5. The molecule has 2 aromatic rings. The van der Waals surface area contributed by atoms with Gasteiger partial charge in [-0.05, 0) is 36.1 Å². The van der Waals surface area contributed by atoms with E-state index in [-0.39, 0.29) is 56.1 Å². The highest BCUT2D eigenvalue weighted by atomic mass is 32.2. The highest BCUT2D eigenvalue weighted by Gasteiger charge is 2.30. The molecule has 0 saturated carbocycles. The molecule has 11 N–H and O–H groups in total. The van der Waals surface area contributed by atoms with E-state index in [0.717, 1.165) is 24.2 Å². The summed E-state index contributed by atoms with van der Waals surface area (Å²) in [5.74, 6) is -4.36.